The Labute approximate surface area is 215 Å². The second-order valence-corrected chi connectivity index (χ2v) is 9.46. The second kappa shape index (κ2) is 9.47. The first-order valence-corrected chi connectivity index (χ1v) is 12.3. The van der Waals surface area contributed by atoms with Gasteiger partial charge in [0.1, 0.15) is 11.5 Å². The van der Waals surface area contributed by atoms with Crippen molar-refractivity contribution in [1.82, 2.24) is 4.98 Å². The number of aryl methyl sites for hydroxylation is 1. The number of nitrogens with zero attached hydrogens (tertiary/aromatic N) is 3. The van der Waals surface area contributed by atoms with Crippen molar-refractivity contribution in [1.29, 1.82) is 0 Å². The fourth-order valence-corrected chi connectivity index (χ4v) is 5.39. The van der Waals surface area contributed by atoms with Gasteiger partial charge in [0.05, 0.1) is 33.4 Å². The number of carbonyl (C=O) groups is 2. The van der Waals surface area contributed by atoms with Crippen LogP contribution in [-0.2, 0) is 9.59 Å². The number of hydrogen-bond acceptors (Lipinski definition) is 8. The summed E-state index contributed by atoms with van der Waals surface area (Å²) in [4.78, 5) is 43.3. The monoisotopic (exact) mass is 515 g/mol. The van der Waals surface area contributed by atoms with E-state index in [1.807, 2.05) is 32.0 Å². The standard InChI is InChI=1S/C27H21N3O6S/c1-3-36-19-6-4-5-17(14-19)24(31)22-23(16-8-10-18(11-9-16)30(34)35)29(26(33)25(22)32)27-28-20-12-7-15(2)13-21(20)37-27/h4-14,23,31H,3H2,1-2H3. The molecule has 1 unspecified atom stereocenters. The van der Waals surface area contributed by atoms with Crippen LogP contribution in [0.25, 0.3) is 16.0 Å². The highest BCUT2D eigenvalue weighted by Crippen LogP contribution is 2.44. The van der Waals surface area contributed by atoms with E-state index in [2.05, 4.69) is 4.98 Å². The van der Waals surface area contributed by atoms with Crippen LogP contribution < -0.4 is 9.64 Å². The fourth-order valence-electron chi connectivity index (χ4n) is 4.30. The molecule has 1 amide bonds. The molecule has 1 fully saturated rings. The van der Waals surface area contributed by atoms with Crippen LogP contribution in [0.4, 0.5) is 10.8 Å². The van der Waals surface area contributed by atoms with E-state index < -0.39 is 22.7 Å². The van der Waals surface area contributed by atoms with Crippen LogP contribution >= 0.6 is 11.3 Å². The van der Waals surface area contributed by atoms with Crippen molar-refractivity contribution in [3.63, 3.8) is 0 Å². The van der Waals surface area contributed by atoms with Crippen LogP contribution in [0.15, 0.2) is 72.3 Å². The number of anilines is 1. The van der Waals surface area contributed by atoms with Crippen molar-refractivity contribution >= 4 is 49.8 Å². The van der Waals surface area contributed by atoms with E-state index in [1.165, 1.54) is 40.5 Å². The molecule has 2 heterocycles. The minimum atomic E-state index is -1.04. The number of ether oxygens (including phenoxy) is 1. The maximum Gasteiger partial charge on any atom is 0.301 e. The van der Waals surface area contributed by atoms with Crippen LogP contribution in [0.5, 0.6) is 5.75 Å². The third kappa shape index (κ3) is 4.31. The van der Waals surface area contributed by atoms with Gasteiger partial charge in [-0.3, -0.25) is 24.6 Å². The van der Waals surface area contributed by atoms with Gasteiger partial charge in [-0.1, -0.05) is 29.5 Å². The molecule has 9 nitrogen and oxygen atoms in total. The molecular weight excluding hydrogens is 494 g/mol. The van der Waals surface area contributed by atoms with Gasteiger partial charge >= 0.3 is 5.91 Å². The van der Waals surface area contributed by atoms with Crippen molar-refractivity contribution in [2.24, 2.45) is 0 Å². The number of ketones is 1. The molecule has 3 aromatic carbocycles. The first kappa shape index (κ1) is 24.1. The van der Waals surface area contributed by atoms with Crippen molar-refractivity contribution in [3.8, 4) is 5.75 Å². The molecular formula is C27H21N3O6S. The number of aromatic nitrogens is 1. The third-order valence-electron chi connectivity index (χ3n) is 6.02. The smallest absolute Gasteiger partial charge is 0.301 e. The number of non-ortho nitro benzene ring substituents is 1. The molecule has 1 aliphatic heterocycles. The molecule has 1 saturated heterocycles. The fraction of sp³-hybridized carbons (Fsp3) is 0.148. The minimum Gasteiger partial charge on any atom is -0.507 e. The Hall–Kier alpha value is -4.57. The molecule has 1 atom stereocenters. The largest absolute Gasteiger partial charge is 0.507 e. The van der Waals surface area contributed by atoms with E-state index in [0.29, 0.717) is 29.0 Å². The lowest BCUT2D eigenvalue weighted by Gasteiger charge is -2.23. The molecule has 0 spiro atoms. The summed E-state index contributed by atoms with van der Waals surface area (Å²) in [5.74, 6) is -1.60. The molecule has 10 heteroatoms. The Balaban J connectivity index is 1.71. The van der Waals surface area contributed by atoms with Crippen molar-refractivity contribution in [2.45, 2.75) is 19.9 Å². The summed E-state index contributed by atoms with van der Waals surface area (Å²) in [6, 6.07) is 16.8. The van der Waals surface area contributed by atoms with Gasteiger partial charge in [0.15, 0.2) is 5.13 Å². The lowest BCUT2D eigenvalue weighted by atomic mass is 9.95. The Kier molecular flexibility index (Phi) is 6.18. The Bertz CT molecular complexity index is 1590. The molecule has 0 radical (unpaired) electrons. The summed E-state index contributed by atoms with van der Waals surface area (Å²) >= 11 is 1.25. The van der Waals surface area contributed by atoms with Crippen LogP contribution in [-0.4, -0.2) is 33.3 Å². The first-order valence-electron chi connectivity index (χ1n) is 11.4. The van der Waals surface area contributed by atoms with E-state index in [9.17, 15) is 24.8 Å². The third-order valence-corrected chi connectivity index (χ3v) is 7.04. The number of thiazole rings is 1. The SMILES string of the molecule is CCOc1cccc(C(O)=C2C(=O)C(=O)N(c3nc4ccc(C)cc4s3)C2c2ccc([N+](=O)[O-])cc2)c1. The zero-order valence-electron chi connectivity index (χ0n) is 19.9. The lowest BCUT2D eigenvalue weighted by molar-refractivity contribution is -0.384. The molecule has 0 aliphatic carbocycles. The summed E-state index contributed by atoms with van der Waals surface area (Å²) in [5, 5.41) is 22.8. The normalized spacial score (nSPS) is 16.9. The molecule has 1 aliphatic rings. The average molecular weight is 516 g/mol. The minimum absolute atomic E-state index is 0.136. The molecule has 1 aromatic heterocycles. The van der Waals surface area contributed by atoms with Gasteiger partial charge in [-0.25, -0.2) is 4.98 Å². The highest BCUT2D eigenvalue weighted by atomic mass is 32.1. The van der Waals surface area contributed by atoms with Gasteiger partial charge in [-0.05, 0) is 61.4 Å². The Morgan fingerprint density at radius 3 is 2.59 bits per heavy atom. The number of Topliss-reactive ketones (excluding diaryl/α,β-unsaturated/α-hetero) is 1. The van der Waals surface area contributed by atoms with E-state index in [-0.39, 0.29) is 22.2 Å². The summed E-state index contributed by atoms with van der Waals surface area (Å²) in [6.07, 6.45) is 0. The van der Waals surface area contributed by atoms with Crippen LogP contribution in [0.1, 0.15) is 29.7 Å². The number of amides is 1. The lowest BCUT2D eigenvalue weighted by Crippen LogP contribution is -2.29. The number of fused-ring (bicyclic) bond motifs is 1. The second-order valence-electron chi connectivity index (χ2n) is 8.45. The maximum atomic E-state index is 13.4. The zero-order chi connectivity index (χ0) is 26.3. The molecule has 5 rings (SSSR count). The topological polar surface area (TPSA) is 123 Å². The molecule has 186 valence electrons. The summed E-state index contributed by atoms with van der Waals surface area (Å²) in [6.45, 7) is 4.18. The van der Waals surface area contributed by atoms with Crippen molar-refractivity contribution in [2.75, 3.05) is 11.5 Å². The van der Waals surface area contributed by atoms with E-state index in [1.54, 1.807) is 24.3 Å². The number of carbonyl (C=O) groups excluding carboxylic acids is 2. The Morgan fingerprint density at radius 1 is 1.14 bits per heavy atom. The van der Waals surface area contributed by atoms with Gasteiger partial charge in [0.2, 0.25) is 0 Å². The van der Waals surface area contributed by atoms with Crippen molar-refractivity contribution < 1.29 is 24.4 Å². The number of benzene rings is 3. The quantitative estimate of drug-likeness (QED) is 0.118. The maximum absolute atomic E-state index is 13.4. The van der Waals surface area contributed by atoms with Gasteiger partial charge in [-0.15, -0.1) is 0 Å². The van der Waals surface area contributed by atoms with Crippen LogP contribution in [0, 0.1) is 17.0 Å². The first-order chi connectivity index (χ1) is 17.8. The molecule has 0 saturated carbocycles. The molecule has 0 bridgehead atoms. The number of rotatable bonds is 6. The highest BCUT2D eigenvalue weighted by Gasteiger charge is 2.48. The molecule has 1 N–H and O–H groups in total. The highest BCUT2D eigenvalue weighted by molar-refractivity contribution is 7.22. The average Bonchev–Trinajstić information content (AvgIpc) is 3.41. The van der Waals surface area contributed by atoms with Crippen molar-refractivity contribution in [3.05, 3.63) is 99.1 Å². The van der Waals surface area contributed by atoms with Crippen LogP contribution in [0.3, 0.4) is 0 Å². The summed E-state index contributed by atoms with van der Waals surface area (Å²) in [7, 11) is 0. The van der Waals surface area contributed by atoms with Gasteiger partial charge in [0, 0.05) is 17.7 Å². The molecule has 37 heavy (non-hydrogen) atoms. The van der Waals surface area contributed by atoms with Crippen LogP contribution in [0.2, 0.25) is 0 Å². The number of nitro groups is 1. The van der Waals surface area contributed by atoms with Gasteiger partial charge < -0.3 is 9.84 Å². The summed E-state index contributed by atoms with van der Waals surface area (Å²) in [5.41, 5.74) is 2.13. The predicted octanol–water partition coefficient (Wildman–Crippen LogP) is 5.54. The van der Waals surface area contributed by atoms with E-state index >= 15 is 0 Å². The van der Waals surface area contributed by atoms with Gasteiger partial charge in [-0.2, -0.15) is 0 Å². The molecule has 4 aromatic rings. The number of aliphatic hydroxyl groups excluding tert-OH is 1. The zero-order valence-corrected chi connectivity index (χ0v) is 20.7. The van der Waals surface area contributed by atoms with E-state index in [0.717, 1.165) is 10.3 Å². The summed E-state index contributed by atoms with van der Waals surface area (Å²) < 4.78 is 6.36. The number of nitro benzene ring substituents is 1. The number of aliphatic hydroxyl groups is 1. The Morgan fingerprint density at radius 2 is 1.89 bits per heavy atom. The number of hydrogen-bond donors (Lipinski definition) is 1. The van der Waals surface area contributed by atoms with E-state index in [4.69, 9.17) is 4.74 Å². The predicted molar refractivity (Wildman–Crippen MR) is 140 cm³/mol. The van der Waals surface area contributed by atoms with Gasteiger partial charge in [0.25, 0.3) is 11.5 Å².